The van der Waals surface area contributed by atoms with Crippen molar-refractivity contribution in [3.63, 3.8) is 0 Å². The number of amides is 1. The lowest BCUT2D eigenvalue weighted by molar-refractivity contribution is 0.0681. The van der Waals surface area contributed by atoms with E-state index in [1.54, 1.807) is 29.2 Å². The molecule has 0 unspecified atom stereocenters. The van der Waals surface area contributed by atoms with Crippen LogP contribution in [0.3, 0.4) is 0 Å². The minimum absolute atomic E-state index is 0.0189. The van der Waals surface area contributed by atoms with E-state index in [1.807, 2.05) is 12.1 Å². The summed E-state index contributed by atoms with van der Waals surface area (Å²) >= 11 is 0. The van der Waals surface area contributed by atoms with Gasteiger partial charge < -0.3 is 4.90 Å². The third-order valence-corrected chi connectivity index (χ3v) is 6.92. The van der Waals surface area contributed by atoms with Crippen LogP contribution >= 0.6 is 0 Å². The number of carbonyl (C=O) groups is 1. The van der Waals surface area contributed by atoms with Crippen LogP contribution < -0.4 is 0 Å². The molecular weight excluding hydrogens is 377 g/mol. The molecule has 3 rings (SSSR count). The SMILES string of the molecule is CC(C)(C)c1ccc(C(=O)N(Cc2ccc(F)cc2)[C@H]2CCS(=O)(=O)C2)cc1. The number of benzene rings is 2. The van der Waals surface area contributed by atoms with Crippen molar-refractivity contribution in [2.75, 3.05) is 11.5 Å². The second-order valence-corrected chi connectivity index (χ2v) is 10.7. The van der Waals surface area contributed by atoms with Gasteiger partial charge in [0.2, 0.25) is 0 Å². The molecule has 1 aliphatic heterocycles. The first-order chi connectivity index (χ1) is 13.0. The average molecular weight is 404 g/mol. The molecule has 1 fully saturated rings. The van der Waals surface area contributed by atoms with Crippen LogP contribution in [0.25, 0.3) is 0 Å². The van der Waals surface area contributed by atoms with Crippen molar-refractivity contribution in [1.29, 1.82) is 0 Å². The molecule has 0 N–H and O–H groups in total. The molecule has 0 aromatic heterocycles. The Morgan fingerprint density at radius 2 is 1.68 bits per heavy atom. The molecule has 1 amide bonds. The van der Waals surface area contributed by atoms with Gasteiger partial charge in [-0.15, -0.1) is 0 Å². The van der Waals surface area contributed by atoms with Crippen LogP contribution in [0.1, 0.15) is 48.7 Å². The summed E-state index contributed by atoms with van der Waals surface area (Å²) in [4.78, 5) is 14.8. The molecule has 0 radical (unpaired) electrons. The van der Waals surface area contributed by atoms with Gasteiger partial charge in [0, 0.05) is 18.2 Å². The van der Waals surface area contributed by atoms with Crippen molar-refractivity contribution in [2.45, 2.75) is 45.2 Å². The highest BCUT2D eigenvalue weighted by Gasteiger charge is 2.35. The zero-order chi connectivity index (χ0) is 20.5. The molecule has 2 aromatic carbocycles. The Morgan fingerprint density at radius 3 is 2.18 bits per heavy atom. The highest BCUT2D eigenvalue weighted by molar-refractivity contribution is 7.91. The molecule has 6 heteroatoms. The number of carbonyl (C=O) groups excluding carboxylic acids is 1. The van der Waals surface area contributed by atoms with Crippen LogP contribution in [-0.4, -0.2) is 36.8 Å². The van der Waals surface area contributed by atoms with Crippen LogP contribution in [0.5, 0.6) is 0 Å². The van der Waals surface area contributed by atoms with E-state index in [0.717, 1.165) is 11.1 Å². The van der Waals surface area contributed by atoms with Crippen LogP contribution in [0.4, 0.5) is 4.39 Å². The van der Waals surface area contributed by atoms with Gasteiger partial charge in [0.15, 0.2) is 9.84 Å². The number of rotatable bonds is 4. The highest BCUT2D eigenvalue weighted by atomic mass is 32.2. The smallest absolute Gasteiger partial charge is 0.254 e. The van der Waals surface area contributed by atoms with Crippen molar-refractivity contribution in [2.24, 2.45) is 0 Å². The first-order valence-corrected chi connectivity index (χ1v) is 11.2. The third kappa shape index (κ3) is 4.79. The lowest BCUT2D eigenvalue weighted by Gasteiger charge is -2.29. The summed E-state index contributed by atoms with van der Waals surface area (Å²) in [7, 11) is -3.14. The minimum atomic E-state index is -3.14. The van der Waals surface area contributed by atoms with E-state index in [4.69, 9.17) is 0 Å². The first kappa shape index (κ1) is 20.5. The molecule has 0 spiro atoms. The number of sulfone groups is 1. The topological polar surface area (TPSA) is 54.5 Å². The maximum Gasteiger partial charge on any atom is 0.254 e. The molecule has 4 nitrogen and oxygen atoms in total. The van der Waals surface area contributed by atoms with E-state index in [1.165, 1.54) is 12.1 Å². The Hall–Kier alpha value is -2.21. The Labute approximate surface area is 166 Å². The van der Waals surface area contributed by atoms with Gasteiger partial charge in [-0.2, -0.15) is 0 Å². The van der Waals surface area contributed by atoms with Crippen LogP contribution in [0.2, 0.25) is 0 Å². The predicted molar refractivity (Wildman–Crippen MR) is 108 cm³/mol. The summed E-state index contributed by atoms with van der Waals surface area (Å²) in [5.74, 6) is -0.483. The van der Waals surface area contributed by atoms with Gasteiger partial charge in [0.05, 0.1) is 11.5 Å². The van der Waals surface area contributed by atoms with E-state index in [2.05, 4.69) is 20.8 Å². The lowest BCUT2D eigenvalue weighted by atomic mass is 9.86. The molecule has 0 aliphatic carbocycles. The maximum atomic E-state index is 13.2. The van der Waals surface area contributed by atoms with Gasteiger partial charge >= 0.3 is 0 Å². The molecule has 28 heavy (non-hydrogen) atoms. The fraction of sp³-hybridized carbons (Fsp3) is 0.409. The quantitative estimate of drug-likeness (QED) is 0.777. The van der Waals surface area contributed by atoms with Crippen molar-refractivity contribution in [1.82, 2.24) is 4.90 Å². The van der Waals surface area contributed by atoms with E-state index >= 15 is 0 Å². The molecule has 2 aromatic rings. The molecule has 1 saturated heterocycles. The van der Waals surface area contributed by atoms with Gasteiger partial charge in [0.1, 0.15) is 5.82 Å². The van der Waals surface area contributed by atoms with Gasteiger partial charge in [0.25, 0.3) is 5.91 Å². The van der Waals surface area contributed by atoms with Gasteiger partial charge in [-0.3, -0.25) is 4.79 Å². The predicted octanol–water partition coefficient (Wildman–Crippen LogP) is 3.95. The Bertz CT molecular complexity index is 945. The third-order valence-electron chi connectivity index (χ3n) is 5.17. The van der Waals surface area contributed by atoms with Crippen LogP contribution in [-0.2, 0) is 21.8 Å². The standard InChI is InChI=1S/C22H26FNO3S/c1-22(2,3)18-8-6-17(7-9-18)21(25)24(20-12-13-28(26,27)15-20)14-16-4-10-19(23)11-5-16/h4-11,20H,12-15H2,1-3H3/t20-/m0/s1. The summed E-state index contributed by atoms with van der Waals surface area (Å²) in [5, 5.41) is 0. The van der Waals surface area contributed by atoms with Crippen molar-refractivity contribution < 1.29 is 17.6 Å². The zero-order valence-electron chi connectivity index (χ0n) is 16.5. The van der Waals surface area contributed by atoms with Crippen LogP contribution in [0, 0.1) is 5.82 Å². The highest BCUT2D eigenvalue weighted by Crippen LogP contribution is 2.25. The van der Waals surface area contributed by atoms with Gasteiger partial charge in [-0.05, 0) is 47.2 Å². The van der Waals surface area contributed by atoms with E-state index in [9.17, 15) is 17.6 Å². The fourth-order valence-corrected chi connectivity index (χ4v) is 5.18. The maximum absolute atomic E-state index is 13.2. The monoisotopic (exact) mass is 403 g/mol. The van der Waals surface area contributed by atoms with Crippen LogP contribution in [0.15, 0.2) is 48.5 Å². The van der Waals surface area contributed by atoms with E-state index in [0.29, 0.717) is 12.0 Å². The molecule has 0 saturated carbocycles. The molecule has 1 heterocycles. The zero-order valence-corrected chi connectivity index (χ0v) is 17.3. The van der Waals surface area contributed by atoms with Crippen molar-refractivity contribution in [3.05, 3.63) is 71.0 Å². The molecular formula is C22H26FNO3S. The number of hydrogen-bond donors (Lipinski definition) is 0. The lowest BCUT2D eigenvalue weighted by Crippen LogP contribution is -2.40. The summed E-state index contributed by atoms with van der Waals surface area (Å²) < 4.78 is 37.2. The largest absolute Gasteiger partial charge is 0.330 e. The average Bonchev–Trinajstić information content (AvgIpc) is 2.99. The Kier molecular flexibility index (Phi) is 5.62. The first-order valence-electron chi connectivity index (χ1n) is 9.41. The number of hydrogen-bond acceptors (Lipinski definition) is 3. The molecule has 0 bridgehead atoms. The Morgan fingerprint density at radius 1 is 1.07 bits per heavy atom. The van der Waals surface area contributed by atoms with Gasteiger partial charge in [-0.25, -0.2) is 12.8 Å². The summed E-state index contributed by atoms with van der Waals surface area (Å²) in [6, 6.07) is 13.1. The molecule has 1 aliphatic rings. The number of nitrogens with zero attached hydrogens (tertiary/aromatic N) is 1. The van der Waals surface area contributed by atoms with E-state index < -0.39 is 9.84 Å². The Balaban J connectivity index is 1.89. The van der Waals surface area contributed by atoms with E-state index in [-0.39, 0.29) is 41.2 Å². The summed E-state index contributed by atoms with van der Waals surface area (Å²) in [6.07, 6.45) is 0.426. The second kappa shape index (κ2) is 7.66. The molecule has 1 atom stereocenters. The summed E-state index contributed by atoms with van der Waals surface area (Å²) in [6.45, 7) is 6.57. The molecule has 150 valence electrons. The second-order valence-electron chi connectivity index (χ2n) is 8.44. The fourth-order valence-electron chi connectivity index (χ4n) is 3.45. The summed E-state index contributed by atoms with van der Waals surface area (Å²) in [5.41, 5.74) is 2.40. The normalized spacial score (nSPS) is 18.8. The number of halogens is 1. The van der Waals surface area contributed by atoms with Crippen molar-refractivity contribution >= 4 is 15.7 Å². The van der Waals surface area contributed by atoms with Gasteiger partial charge in [-0.1, -0.05) is 45.0 Å². The van der Waals surface area contributed by atoms with Crippen molar-refractivity contribution in [3.8, 4) is 0 Å². The minimum Gasteiger partial charge on any atom is -0.330 e.